The lowest BCUT2D eigenvalue weighted by molar-refractivity contribution is 0.547. The summed E-state index contributed by atoms with van der Waals surface area (Å²) >= 11 is 0. The Morgan fingerprint density at radius 3 is 2.28 bits per heavy atom. The summed E-state index contributed by atoms with van der Waals surface area (Å²) in [5.74, 6) is 0. The van der Waals surface area contributed by atoms with Crippen LogP contribution in [0.2, 0.25) is 0 Å². The number of rotatable bonds is 6. The Balaban J connectivity index is 5.34. The molecule has 0 aromatic carbocycles. The van der Waals surface area contributed by atoms with E-state index in [1.807, 2.05) is 53.2 Å². The summed E-state index contributed by atoms with van der Waals surface area (Å²) in [6, 6.07) is 0. The van der Waals surface area contributed by atoms with Crippen molar-refractivity contribution >= 4 is 12.4 Å². The van der Waals surface area contributed by atoms with Gasteiger partial charge >= 0.3 is 0 Å². The fourth-order valence-corrected chi connectivity index (χ4v) is 1.55. The van der Waals surface area contributed by atoms with Gasteiger partial charge in [0.15, 0.2) is 0 Å². The molecule has 0 unspecified atom stereocenters. The summed E-state index contributed by atoms with van der Waals surface area (Å²) in [6.45, 7) is 11.6. The summed E-state index contributed by atoms with van der Waals surface area (Å²) in [7, 11) is 3.70. The van der Waals surface area contributed by atoms with Gasteiger partial charge in [-0.05, 0) is 38.8 Å². The van der Waals surface area contributed by atoms with Crippen LogP contribution < -0.4 is 5.32 Å². The Labute approximate surface area is 110 Å². The zero-order valence-electron chi connectivity index (χ0n) is 12.3. The summed E-state index contributed by atoms with van der Waals surface area (Å²) in [6.07, 6.45) is 5.65. The maximum Gasteiger partial charge on any atom is 0.0661 e. The van der Waals surface area contributed by atoms with Crippen molar-refractivity contribution in [3.63, 3.8) is 0 Å². The average molecular weight is 248 g/mol. The molecule has 0 amide bonds. The van der Waals surface area contributed by atoms with Crippen molar-refractivity contribution in [2.45, 2.75) is 27.7 Å². The van der Waals surface area contributed by atoms with Crippen LogP contribution in [-0.4, -0.2) is 31.5 Å². The number of aliphatic imine (C=N–C) groups is 1. The van der Waals surface area contributed by atoms with E-state index in [9.17, 15) is 0 Å². The normalized spacial score (nSPS) is 14.6. The minimum Gasteiger partial charge on any atom is -0.391 e. The first kappa shape index (κ1) is 16.2. The van der Waals surface area contributed by atoms with Gasteiger partial charge in [0, 0.05) is 38.9 Å². The fraction of sp³-hybridized carbons (Fsp3) is 0.429. The van der Waals surface area contributed by atoms with Crippen LogP contribution in [0.4, 0.5) is 0 Å². The topological polar surface area (TPSA) is 40.0 Å². The number of nitrogens with zero attached hydrogens (tertiary/aromatic N) is 3. The smallest absolute Gasteiger partial charge is 0.0661 e. The third kappa shape index (κ3) is 4.57. The third-order valence-corrected chi connectivity index (χ3v) is 2.68. The highest BCUT2D eigenvalue weighted by atomic mass is 15.4. The predicted molar refractivity (Wildman–Crippen MR) is 80.8 cm³/mol. The van der Waals surface area contributed by atoms with Gasteiger partial charge in [0.05, 0.1) is 5.71 Å². The second-order valence-electron chi connectivity index (χ2n) is 3.89. The largest absolute Gasteiger partial charge is 0.391 e. The molecule has 1 N–H and O–H groups in total. The molecular formula is C14H24N4. The zero-order chi connectivity index (χ0) is 14.1. The highest BCUT2D eigenvalue weighted by Crippen LogP contribution is 2.12. The van der Waals surface area contributed by atoms with E-state index in [1.165, 1.54) is 0 Å². The molecule has 0 aliphatic rings. The Hall–Kier alpha value is -1.84. The van der Waals surface area contributed by atoms with Gasteiger partial charge in [0.2, 0.25) is 0 Å². The van der Waals surface area contributed by atoms with Crippen LogP contribution in [0.15, 0.2) is 45.4 Å². The van der Waals surface area contributed by atoms with Crippen molar-refractivity contribution in [2.24, 2.45) is 10.1 Å². The van der Waals surface area contributed by atoms with Gasteiger partial charge in [-0.3, -0.25) is 4.99 Å². The van der Waals surface area contributed by atoms with E-state index >= 15 is 0 Å². The second-order valence-corrected chi connectivity index (χ2v) is 3.89. The molecule has 0 saturated carbocycles. The van der Waals surface area contributed by atoms with Crippen LogP contribution in [0, 0.1) is 0 Å². The van der Waals surface area contributed by atoms with E-state index in [0.717, 1.165) is 22.6 Å². The van der Waals surface area contributed by atoms with Crippen LogP contribution in [0.25, 0.3) is 0 Å². The molecule has 0 aromatic heterocycles. The van der Waals surface area contributed by atoms with Gasteiger partial charge in [-0.2, -0.15) is 5.10 Å². The molecule has 18 heavy (non-hydrogen) atoms. The van der Waals surface area contributed by atoms with Gasteiger partial charge in [-0.1, -0.05) is 6.08 Å². The molecule has 4 nitrogen and oxygen atoms in total. The lowest BCUT2D eigenvalue weighted by atomic mass is 10.0. The highest BCUT2D eigenvalue weighted by Gasteiger charge is 2.07. The number of hydrogen-bond acceptors (Lipinski definition) is 4. The van der Waals surface area contributed by atoms with E-state index in [1.54, 1.807) is 12.1 Å². The molecule has 0 radical (unpaired) electrons. The Morgan fingerprint density at radius 2 is 1.89 bits per heavy atom. The minimum atomic E-state index is 0.958. The van der Waals surface area contributed by atoms with Crippen LogP contribution in [0.5, 0.6) is 0 Å². The Morgan fingerprint density at radius 1 is 1.28 bits per heavy atom. The number of hydrazone groups is 1. The first-order valence-electron chi connectivity index (χ1n) is 5.90. The third-order valence-electron chi connectivity index (χ3n) is 2.68. The monoisotopic (exact) mass is 248 g/mol. The van der Waals surface area contributed by atoms with Crippen LogP contribution in [0.1, 0.15) is 27.7 Å². The second kappa shape index (κ2) is 8.28. The quantitative estimate of drug-likeness (QED) is 0.580. The van der Waals surface area contributed by atoms with E-state index in [0.29, 0.717) is 0 Å². The SMILES string of the molecule is C=NN(/C=C\C)/C=C(\C)C(=NC)/C(C)=C(\C)NC. The molecule has 0 bridgehead atoms. The van der Waals surface area contributed by atoms with E-state index in [-0.39, 0.29) is 0 Å². The molecule has 0 atom stereocenters. The number of hydrogen-bond donors (Lipinski definition) is 1. The molecule has 0 heterocycles. The lowest BCUT2D eigenvalue weighted by Crippen LogP contribution is -2.13. The molecule has 0 saturated heterocycles. The van der Waals surface area contributed by atoms with Crippen LogP contribution >= 0.6 is 0 Å². The maximum atomic E-state index is 4.34. The van der Waals surface area contributed by atoms with Gasteiger partial charge in [-0.25, -0.2) is 5.01 Å². The summed E-state index contributed by atoms with van der Waals surface area (Å²) < 4.78 is 0. The molecule has 4 heteroatoms. The molecule has 0 fully saturated rings. The van der Waals surface area contributed by atoms with Crippen molar-refractivity contribution < 1.29 is 0 Å². The Bertz CT molecular complexity index is 400. The van der Waals surface area contributed by atoms with Crippen molar-refractivity contribution in [2.75, 3.05) is 14.1 Å². The highest BCUT2D eigenvalue weighted by molar-refractivity contribution is 6.11. The number of allylic oxidation sites excluding steroid dienone is 4. The molecular weight excluding hydrogens is 224 g/mol. The van der Waals surface area contributed by atoms with Crippen molar-refractivity contribution in [1.82, 2.24) is 10.3 Å². The van der Waals surface area contributed by atoms with Gasteiger partial charge in [0.25, 0.3) is 0 Å². The first-order valence-corrected chi connectivity index (χ1v) is 5.90. The van der Waals surface area contributed by atoms with E-state index in [2.05, 4.69) is 22.1 Å². The van der Waals surface area contributed by atoms with Gasteiger partial charge < -0.3 is 5.32 Å². The summed E-state index contributed by atoms with van der Waals surface area (Å²) in [5, 5.41) is 8.70. The fourth-order valence-electron chi connectivity index (χ4n) is 1.55. The van der Waals surface area contributed by atoms with Crippen molar-refractivity contribution in [1.29, 1.82) is 0 Å². The standard InChI is InChI=1S/C14H24N4/c1-8-9-18(17-7)10-11(2)14(16-6)12(3)13(4)15-5/h8-10,15H,7H2,1-6H3/b9-8-,11-10+,13-12+,16-14?. The molecule has 0 rings (SSSR count). The average Bonchev–Trinajstić information content (AvgIpc) is 2.37. The van der Waals surface area contributed by atoms with Crippen LogP contribution in [-0.2, 0) is 0 Å². The minimum absolute atomic E-state index is 0.958. The van der Waals surface area contributed by atoms with Gasteiger partial charge in [-0.15, -0.1) is 0 Å². The lowest BCUT2D eigenvalue weighted by Gasteiger charge is -2.14. The maximum absolute atomic E-state index is 4.34. The summed E-state index contributed by atoms with van der Waals surface area (Å²) in [4.78, 5) is 4.34. The Kier molecular flexibility index (Phi) is 7.43. The number of nitrogens with one attached hydrogen (secondary N) is 1. The summed E-state index contributed by atoms with van der Waals surface area (Å²) in [5.41, 5.74) is 4.22. The van der Waals surface area contributed by atoms with Crippen molar-refractivity contribution in [3.05, 3.63) is 35.3 Å². The van der Waals surface area contributed by atoms with Gasteiger partial charge in [0.1, 0.15) is 0 Å². The molecule has 0 aromatic rings. The van der Waals surface area contributed by atoms with Crippen LogP contribution in [0.3, 0.4) is 0 Å². The molecule has 0 spiro atoms. The first-order chi connectivity index (χ1) is 8.51. The predicted octanol–water partition coefficient (Wildman–Crippen LogP) is 2.93. The zero-order valence-corrected chi connectivity index (χ0v) is 12.3. The molecule has 100 valence electrons. The van der Waals surface area contributed by atoms with Crippen molar-refractivity contribution in [3.8, 4) is 0 Å². The van der Waals surface area contributed by atoms with E-state index in [4.69, 9.17) is 0 Å². The molecule has 0 aliphatic heterocycles. The van der Waals surface area contributed by atoms with E-state index < -0.39 is 0 Å². The molecule has 0 aliphatic carbocycles.